The topological polar surface area (TPSA) is 46.2 Å². The van der Waals surface area contributed by atoms with Crippen molar-refractivity contribution >= 4 is 15.7 Å². The van der Waals surface area contributed by atoms with Crippen LogP contribution in [0.2, 0.25) is 0 Å². The summed E-state index contributed by atoms with van der Waals surface area (Å²) in [5.74, 6) is 0.440. The van der Waals surface area contributed by atoms with Gasteiger partial charge in [-0.1, -0.05) is 32.0 Å². The molecule has 0 bridgehead atoms. The number of sulfonamides is 1. The van der Waals surface area contributed by atoms with E-state index in [1.807, 2.05) is 0 Å². The summed E-state index contributed by atoms with van der Waals surface area (Å²) in [6.45, 7) is 4.11. The Balaban J connectivity index is 2.22. The van der Waals surface area contributed by atoms with Crippen LogP contribution in [0, 0.1) is 5.92 Å². The second kappa shape index (κ2) is 6.84. The van der Waals surface area contributed by atoms with E-state index < -0.39 is 21.8 Å². The average Bonchev–Trinajstić information content (AvgIpc) is 2.46. The second-order valence-corrected chi connectivity index (χ2v) is 7.61. The van der Waals surface area contributed by atoms with Crippen molar-refractivity contribution in [2.45, 2.75) is 31.3 Å². The molecule has 0 aromatic heterocycles. The van der Waals surface area contributed by atoms with E-state index in [1.165, 1.54) is 18.2 Å². The molecule has 0 unspecified atom stereocenters. The fourth-order valence-electron chi connectivity index (χ4n) is 2.25. The van der Waals surface area contributed by atoms with Crippen molar-refractivity contribution in [2.24, 2.45) is 5.92 Å². The quantitative estimate of drug-likeness (QED) is 0.843. The number of benzene rings is 2. The molecule has 0 heterocycles. The molecule has 0 fully saturated rings. The maximum Gasteiger partial charge on any atom is 0.416 e. The highest BCUT2D eigenvalue weighted by molar-refractivity contribution is 7.92. The van der Waals surface area contributed by atoms with Crippen molar-refractivity contribution in [1.29, 1.82) is 0 Å². The van der Waals surface area contributed by atoms with Crippen molar-refractivity contribution in [2.75, 3.05) is 4.72 Å². The lowest BCUT2D eigenvalue weighted by Gasteiger charge is -2.12. The van der Waals surface area contributed by atoms with Crippen LogP contribution < -0.4 is 4.72 Å². The maximum absolute atomic E-state index is 12.7. The summed E-state index contributed by atoms with van der Waals surface area (Å²) in [5.41, 5.74) is -0.0333. The highest BCUT2D eigenvalue weighted by atomic mass is 32.2. The van der Waals surface area contributed by atoms with Gasteiger partial charge < -0.3 is 0 Å². The number of rotatable bonds is 5. The number of anilines is 1. The molecule has 0 aliphatic rings. The Kier molecular flexibility index (Phi) is 5.22. The van der Waals surface area contributed by atoms with Crippen LogP contribution in [0.25, 0.3) is 0 Å². The molecule has 0 aliphatic carbocycles. The molecule has 0 aliphatic heterocycles. The minimum atomic E-state index is -4.53. The molecule has 0 spiro atoms. The van der Waals surface area contributed by atoms with Gasteiger partial charge in [-0.05, 0) is 48.2 Å². The molecular weight excluding hydrogens is 339 g/mol. The van der Waals surface area contributed by atoms with E-state index in [9.17, 15) is 21.6 Å². The Bertz CT molecular complexity index is 797. The molecule has 2 aromatic rings. The van der Waals surface area contributed by atoms with Crippen LogP contribution in [0.15, 0.2) is 53.4 Å². The number of hydrogen-bond acceptors (Lipinski definition) is 2. The molecule has 2 rings (SSSR count). The van der Waals surface area contributed by atoms with Crippen molar-refractivity contribution in [3.63, 3.8) is 0 Å². The molecule has 0 saturated heterocycles. The zero-order chi connectivity index (χ0) is 18.0. The minimum absolute atomic E-state index is 0.00687. The first-order chi connectivity index (χ1) is 11.1. The van der Waals surface area contributed by atoms with Gasteiger partial charge in [-0.15, -0.1) is 0 Å². The molecule has 0 radical (unpaired) electrons. The average molecular weight is 357 g/mol. The van der Waals surface area contributed by atoms with Crippen LogP contribution in [-0.4, -0.2) is 8.42 Å². The Morgan fingerprint density at radius 1 is 1.04 bits per heavy atom. The summed E-state index contributed by atoms with van der Waals surface area (Å²) in [6.07, 6.45) is -3.71. The molecule has 130 valence electrons. The highest BCUT2D eigenvalue weighted by Crippen LogP contribution is 2.31. The first kappa shape index (κ1) is 18.3. The fraction of sp³-hybridized carbons (Fsp3) is 0.294. The Hall–Kier alpha value is -2.02. The predicted molar refractivity (Wildman–Crippen MR) is 87.2 cm³/mol. The van der Waals surface area contributed by atoms with Crippen molar-refractivity contribution in [1.82, 2.24) is 0 Å². The first-order valence-corrected chi connectivity index (χ1v) is 8.85. The number of nitrogens with one attached hydrogen (secondary N) is 1. The van der Waals surface area contributed by atoms with Crippen molar-refractivity contribution in [3.8, 4) is 0 Å². The number of halogens is 3. The van der Waals surface area contributed by atoms with Crippen LogP contribution >= 0.6 is 0 Å². The summed E-state index contributed by atoms with van der Waals surface area (Å²) >= 11 is 0. The van der Waals surface area contributed by atoms with E-state index in [-0.39, 0.29) is 10.6 Å². The van der Waals surface area contributed by atoms with Gasteiger partial charge in [-0.3, -0.25) is 4.72 Å². The highest BCUT2D eigenvalue weighted by Gasteiger charge is 2.30. The number of alkyl halides is 3. The molecule has 0 amide bonds. The Morgan fingerprint density at radius 2 is 1.67 bits per heavy atom. The van der Waals surface area contributed by atoms with Gasteiger partial charge in [0.25, 0.3) is 10.0 Å². The molecule has 7 heteroatoms. The van der Waals surface area contributed by atoms with Gasteiger partial charge in [0, 0.05) is 5.69 Å². The molecule has 0 saturated carbocycles. The Labute approximate surface area is 139 Å². The smallest absolute Gasteiger partial charge is 0.280 e. The molecule has 24 heavy (non-hydrogen) atoms. The Morgan fingerprint density at radius 3 is 2.21 bits per heavy atom. The SMILES string of the molecule is CC(C)Cc1ccc(S(=O)(=O)Nc2cccc(C(F)(F)F)c2)cc1. The maximum atomic E-state index is 12.7. The lowest BCUT2D eigenvalue weighted by Crippen LogP contribution is -2.14. The normalized spacial score (nSPS) is 12.4. The lowest BCUT2D eigenvalue weighted by atomic mass is 10.0. The van der Waals surface area contributed by atoms with Gasteiger partial charge in [0.15, 0.2) is 0 Å². The zero-order valence-electron chi connectivity index (χ0n) is 13.3. The first-order valence-electron chi connectivity index (χ1n) is 7.37. The van der Waals surface area contributed by atoms with E-state index in [2.05, 4.69) is 18.6 Å². The third-order valence-corrected chi connectivity index (χ3v) is 4.72. The third-order valence-electron chi connectivity index (χ3n) is 3.32. The molecular formula is C17H18F3NO2S. The molecule has 1 N–H and O–H groups in total. The van der Waals surface area contributed by atoms with Gasteiger partial charge in [-0.2, -0.15) is 13.2 Å². The van der Waals surface area contributed by atoms with Gasteiger partial charge in [0.2, 0.25) is 0 Å². The van der Waals surface area contributed by atoms with E-state index in [4.69, 9.17) is 0 Å². The van der Waals surface area contributed by atoms with Gasteiger partial charge in [-0.25, -0.2) is 8.42 Å². The van der Waals surface area contributed by atoms with Crippen LogP contribution in [0.5, 0.6) is 0 Å². The largest absolute Gasteiger partial charge is 0.416 e. The van der Waals surface area contributed by atoms with E-state index in [0.717, 1.165) is 30.2 Å². The molecule has 0 atom stereocenters. The standard InChI is InChI=1S/C17H18F3NO2S/c1-12(2)10-13-6-8-16(9-7-13)24(22,23)21-15-5-3-4-14(11-15)17(18,19)20/h3-9,11-12,21H,10H2,1-2H3. The number of hydrogen-bond donors (Lipinski definition) is 1. The van der Waals surface area contributed by atoms with Crippen molar-refractivity contribution < 1.29 is 21.6 Å². The lowest BCUT2D eigenvalue weighted by molar-refractivity contribution is -0.137. The summed E-state index contributed by atoms with van der Waals surface area (Å²) in [4.78, 5) is 0.00687. The third kappa shape index (κ3) is 4.74. The van der Waals surface area contributed by atoms with Crippen molar-refractivity contribution in [3.05, 3.63) is 59.7 Å². The van der Waals surface area contributed by atoms with Gasteiger partial charge >= 0.3 is 6.18 Å². The predicted octanol–water partition coefficient (Wildman–Crippen LogP) is 4.70. The molecule has 3 nitrogen and oxygen atoms in total. The van der Waals surface area contributed by atoms with Gasteiger partial charge in [0.05, 0.1) is 10.5 Å². The second-order valence-electron chi connectivity index (χ2n) is 5.93. The summed E-state index contributed by atoms with van der Waals surface area (Å²) < 4.78 is 64.9. The van der Waals surface area contributed by atoms with E-state index >= 15 is 0 Å². The van der Waals surface area contributed by atoms with Crippen LogP contribution in [0.4, 0.5) is 18.9 Å². The summed E-state index contributed by atoms with van der Waals surface area (Å²) in [5, 5.41) is 0. The molecule has 2 aromatic carbocycles. The minimum Gasteiger partial charge on any atom is -0.280 e. The van der Waals surface area contributed by atoms with Crippen LogP contribution in [-0.2, 0) is 22.6 Å². The van der Waals surface area contributed by atoms with E-state index in [0.29, 0.717) is 5.92 Å². The monoisotopic (exact) mass is 357 g/mol. The van der Waals surface area contributed by atoms with Gasteiger partial charge in [0.1, 0.15) is 0 Å². The van der Waals surface area contributed by atoms with Crippen LogP contribution in [0.3, 0.4) is 0 Å². The summed E-state index contributed by atoms with van der Waals surface area (Å²) in [6, 6.07) is 10.4. The van der Waals surface area contributed by atoms with Crippen LogP contribution in [0.1, 0.15) is 25.0 Å². The fourth-order valence-corrected chi connectivity index (χ4v) is 3.30. The zero-order valence-corrected chi connectivity index (χ0v) is 14.1. The van der Waals surface area contributed by atoms with E-state index in [1.54, 1.807) is 12.1 Å². The summed E-state index contributed by atoms with van der Waals surface area (Å²) in [7, 11) is -3.94.